The van der Waals surface area contributed by atoms with Crippen molar-refractivity contribution in [3.63, 3.8) is 0 Å². The Kier molecular flexibility index (Phi) is 3.78. The maximum Gasteiger partial charge on any atom is 0.0710 e. The van der Waals surface area contributed by atoms with Crippen LogP contribution in [-0.4, -0.2) is 20.7 Å². The van der Waals surface area contributed by atoms with Crippen molar-refractivity contribution in [3.8, 4) is 0 Å². The van der Waals surface area contributed by atoms with Gasteiger partial charge in [0.2, 0.25) is 0 Å². The molecule has 3 heteroatoms. The van der Waals surface area contributed by atoms with Gasteiger partial charge in [0.15, 0.2) is 0 Å². The second kappa shape index (κ2) is 4.43. The molecular weight excluding hydrogens is 216 g/mol. The van der Waals surface area contributed by atoms with E-state index in [2.05, 4.69) is 31.8 Å². The molecule has 0 aliphatic carbocycles. The van der Waals surface area contributed by atoms with E-state index in [1.54, 1.807) is 0 Å². The highest BCUT2D eigenvalue weighted by molar-refractivity contribution is 6.40. The summed E-state index contributed by atoms with van der Waals surface area (Å²) in [5.74, 6) is 0. The Morgan fingerprint density at radius 1 is 0.944 bits per heavy atom. The first-order valence-electron chi connectivity index (χ1n) is 6.44. The van der Waals surface area contributed by atoms with Crippen LogP contribution in [0.15, 0.2) is 12.1 Å². The van der Waals surface area contributed by atoms with Crippen molar-refractivity contribution in [2.45, 2.75) is 59.1 Å². The van der Waals surface area contributed by atoms with Gasteiger partial charge in [0, 0.05) is 11.4 Å². The highest BCUT2D eigenvalue weighted by Crippen LogP contribution is 2.36. The Hall–Kier alpha value is -0.720. The summed E-state index contributed by atoms with van der Waals surface area (Å²) in [7, 11) is 12.5. The van der Waals surface area contributed by atoms with E-state index in [0.29, 0.717) is 0 Å². The van der Waals surface area contributed by atoms with Gasteiger partial charge in [0.25, 0.3) is 0 Å². The van der Waals surface area contributed by atoms with Crippen molar-refractivity contribution in [3.05, 3.63) is 29.1 Å². The zero-order valence-corrected chi connectivity index (χ0v) is 12.8. The smallest absolute Gasteiger partial charge is 0.0710 e. The number of pyridine rings is 1. The van der Waals surface area contributed by atoms with Gasteiger partial charge in [0.1, 0.15) is 0 Å². The summed E-state index contributed by atoms with van der Waals surface area (Å²) in [4.78, 5) is 4.63. The van der Waals surface area contributed by atoms with Gasteiger partial charge >= 0.3 is 0 Å². The molecule has 0 N–H and O–H groups in total. The molecule has 1 heterocycles. The summed E-state index contributed by atoms with van der Waals surface area (Å²) in [6.45, 7) is 14.6. The summed E-state index contributed by atoms with van der Waals surface area (Å²) in [5, 5.41) is -0.922. The highest BCUT2D eigenvalue weighted by atomic mass is 14.7. The van der Waals surface area contributed by atoms with Crippen LogP contribution in [0.1, 0.15) is 58.5 Å². The van der Waals surface area contributed by atoms with Gasteiger partial charge in [-0.1, -0.05) is 52.8 Å². The quantitative estimate of drug-likeness (QED) is 0.685. The van der Waals surface area contributed by atoms with Gasteiger partial charge in [-0.2, -0.15) is 0 Å². The summed E-state index contributed by atoms with van der Waals surface area (Å²) < 4.78 is 0. The Balaban J connectivity index is 3.29. The Bertz CT molecular complexity index is 437. The molecule has 0 unspecified atom stereocenters. The van der Waals surface area contributed by atoms with E-state index in [-0.39, 0.29) is 10.8 Å². The molecule has 0 fully saturated rings. The van der Waals surface area contributed by atoms with E-state index in [1.165, 1.54) is 5.56 Å². The molecule has 4 radical (unpaired) electrons. The Morgan fingerprint density at radius 2 is 1.44 bits per heavy atom. The molecule has 94 valence electrons. The number of aryl methyl sites for hydroxylation is 1. The van der Waals surface area contributed by atoms with Crippen LogP contribution >= 0.6 is 0 Å². The lowest BCUT2D eigenvalue weighted by Crippen LogP contribution is -2.42. The van der Waals surface area contributed by atoms with E-state index in [4.69, 9.17) is 15.7 Å². The molecule has 1 aromatic heterocycles. The van der Waals surface area contributed by atoms with Crippen LogP contribution in [0.2, 0.25) is 0 Å². The number of rotatable bonds is 1. The number of hydrogen-bond acceptors (Lipinski definition) is 1. The Labute approximate surface area is 115 Å². The molecule has 0 aliphatic heterocycles. The second-order valence-corrected chi connectivity index (χ2v) is 7.20. The largest absolute Gasteiger partial charge is 0.259 e. The molecule has 1 aromatic rings. The standard InChI is InChI=1S/C15H23B2N/c1-10-11(13(2,3)4)8-9-12(18-10)15(16,17)14(5,6)7/h8-9H,1-7H3. The third kappa shape index (κ3) is 2.81. The average Bonchev–Trinajstić information content (AvgIpc) is 2.13. The van der Waals surface area contributed by atoms with Crippen LogP contribution in [0.5, 0.6) is 0 Å². The van der Waals surface area contributed by atoms with E-state index in [1.807, 2.05) is 33.8 Å². The van der Waals surface area contributed by atoms with E-state index >= 15 is 0 Å². The molecule has 18 heavy (non-hydrogen) atoms. The zero-order valence-electron chi connectivity index (χ0n) is 12.8. The fraction of sp³-hybridized carbons (Fsp3) is 0.667. The first kappa shape index (κ1) is 15.3. The lowest BCUT2D eigenvalue weighted by Gasteiger charge is -2.40. The van der Waals surface area contributed by atoms with Crippen LogP contribution in [0.25, 0.3) is 0 Å². The fourth-order valence-corrected chi connectivity index (χ4v) is 1.97. The van der Waals surface area contributed by atoms with Gasteiger partial charge in [-0.3, -0.25) is 4.98 Å². The van der Waals surface area contributed by atoms with Gasteiger partial charge in [-0.05, 0) is 29.4 Å². The Morgan fingerprint density at radius 3 is 1.78 bits per heavy atom. The van der Waals surface area contributed by atoms with Gasteiger partial charge in [-0.25, -0.2) is 0 Å². The molecule has 0 aliphatic rings. The van der Waals surface area contributed by atoms with Crippen molar-refractivity contribution < 1.29 is 0 Å². The maximum atomic E-state index is 6.26. The van der Waals surface area contributed by atoms with Crippen molar-refractivity contribution in [2.24, 2.45) is 5.41 Å². The summed E-state index contributed by atoms with van der Waals surface area (Å²) >= 11 is 0. The molecule has 0 atom stereocenters. The predicted octanol–water partition coefficient (Wildman–Crippen LogP) is 3.22. The summed E-state index contributed by atoms with van der Waals surface area (Å²) in [6, 6.07) is 4.05. The van der Waals surface area contributed by atoms with Gasteiger partial charge < -0.3 is 0 Å². The molecule has 0 saturated heterocycles. The number of hydrogen-bond donors (Lipinski definition) is 0. The van der Waals surface area contributed by atoms with Crippen LogP contribution in [-0.2, 0) is 10.6 Å². The van der Waals surface area contributed by atoms with Crippen LogP contribution in [0, 0.1) is 12.3 Å². The second-order valence-electron chi connectivity index (χ2n) is 7.20. The third-order valence-corrected chi connectivity index (χ3v) is 3.56. The van der Waals surface area contributed by atoms with E-state index < -0.39 is 5.21 Å². The van der Waals surface area contributed by atoms with E-state index in [9.17, 15) is 0 Å². The summed E-state index contributed by atoms with van der Waals surface area (Å²) in [5.41, 5.74) is 2.83. The first-order valence-corrected chi connectivity index (χ1v) is 6.44. The molecule has 0 bridgehead atoms. The molecule has 0 spiro atoms. The predicted molar refractivity (Wildman–Crippen MR) is 80.3 cm³/mol. The third-order valence-electron chi connectivity index (χ3n) is 3.56. The molecule has 1 nitrogen and oxygen atoms in total. The summed E-state index contributed by atoms with van der Waals surface area (Å²) in [6.07, 6.45) is 0. The van der Waals surface area contributed by atoms with Crippen LogP contribution in [0.3, 0.4) is 0 Å². The van der Waals surface area contributed by atoms with E-state index in [0.717, 1.165) is 11.4 Å². The zero-order chi connectivity index (χ0) is 14.4. The molecule has 0 aromatic carbocycles. The molecule has 0 saturated carbocycles. The highest BCUT2D eigenvalue weighted by Gasteiger charge is 2.34. The SMILES string of the molecule is [B]C([B])(c1ccc(C(C)(C)C)c(C)n1)C(C)(C)C. The minimum absolute atomic E-state index is 0.0865. The molecular formula is C15H23B2N. The topological polar surface area (TPSA) is 12.9 Å². The monoisotopic (exact) mass is 239 g/mol. The van der Waals surface area contributed by atoms with Crippen molar-refractivity contribution in [1.29, 1.82) is 0 Å². The van der Waals surface area contributed by atoms with Crippen molar-refractivity contribution >= 4 is 15.7 Å². The molecule has 0 amide bonds. The minimum atomic E-state index is -0.922. The lowest BCUT2D eigenvalue weighted by molar-refractivity contribution is 0.352. The number of aromatic nitrogens is 1. The van der Waals surface area contributed by atoms with Crippen molar-refractivity contribution in [2.75, 3.05) is 0 Å². The maximum absolute atomic E-state index is 6.26. The fourth-order valence-electron chi connectivity index (χ4n) is 1.97. The molecule has 1 rings (SSSR count). The minimum Gasteiger partial charge on any atom is -0.259 e. The van der Waals surface area contributed by atoms with Crippen LogP contribution in [0.4, 0.5) is 0 Å². The first-order chi connectivity index (χ1) is 7.87. The number of nitrogens with zero attached hydrogens (tertiary/aromatic N) is 1. The van der Waals surface area contributed by atoms with Gasteiger partial charge in [-0.15, -0.1) is 0 Å². The van der Waals surface area contributed by atoms with Gasteiger partial charge in [0.05, 0.1) is 15.7 Å². The van der Waals surface area contributed by atoms with Crippen molar-refractivity contribution in [1.82, 2.24) is 4.98 Å². The lowest BCUT2D eigenvalue weighted by atomic mass is 9.42. The average molecular weight is 239 g/mol. The van der Waals surface area contributed by atoms with Crippen LogP contribution < -0.4 is 0 Å². The normalized spacial score (nSPS) is 13.7.